The molecule has 0 spiro atoms. The molecular formula is C46H91NO8. The summed E-state index contributed by atoms with van der Waals surface area (Å²) >= 11 is 0. The fourth-order valence-electron chi connectivity index (χ4n) is 7.87. The molecule has 9 heteroatoms. The normalized spacial score (nSPS) is 21.2. The van der Waals surface area contributed by atoms with E-state index in [9.17, 15) is 30.3 Å². The molecule has 1 aliphatic rings. The number of nitrogens with one attached hydrogen (secondary N) is 1. The molecule has 7 atom stereocenters. The predicted molar refractivity (Wildman–Crippen MR) is 226 cm³/mol. The Labute approximate surface area is 338 Å². The molecule has 1 aliphatic heterocycles. The van der Waals surface area contributed by atoms with E-state index in [2.05, 4.69) is 19.2 Å². The van der Waals surface area contributed by atoms with Crippen molar-refractivity contribution in [2.24, 2.45) is 0 Å². The highest BCUT2D eigenvalue weighted by molar-refractivity contribution is 5.76. The summed E-state index contributed by atoms with van der Waals surface area (Å²) in [6.45, 7) is 3.85. The maximum absolute atomic E-state index is 13.0. The second-order valence-electron chi connectivity index (χ2n) is 16.9. The van der Waals surface area contributed by atoms with E-state index in [4.69, 9.17) is 9.47 Å². The zero-order valence-corrected chi connectivity index (χ0v) is 36.0. The lowest BCUT2D eigenvalue weighted by Crippen LogP contribution is -2.60. The van der Waals surface area contributed by atoms with Crippen LogP contribution in [0.3, 0.4) is 0 Å². The van der Waals surface area contributed by atoms with Crippen molar-refractivity contribution in [2.75, 3.05) is 13.2 Å². The Morgan fingerprint density at radius 1 is 0.545 bits per heavy atom. The van der Waals surface area contributed by atoms with Gasteiger partial charge in [0.1, 0.15) is 24.4 Å². The van der Waals surface area contributed by atoms with E-state index < -0.39 is 49.5 Å². The van der Waals surface area contributed by atoms with Gasteiger partial charge in [-0.2, -0.15) is 0 Å². The number of carbonyl (C=O) groups is 1. The van der Waals surface area contributed by atoms with Crippen LogP contribution in [0.1, 0.15) is 232 Å². The lowest BCUT2D eigenvalue weighted by atomic mass is 9.99. The van der Waals surface area contributed by atoms with Gasteiger partial charge in [-0.3, -0.25) is 4.79 Å². The van der Waals surface area contributed by atoms with Gasteiger partial charge in [0.05, 0.1) is 25.4 Å². The average molecular weight is 786 g/mol. The van der Waals surface area contributed by atoms with Gasteiger partial charge in [0.15, 0.2) is 6.29 Å². The Hall–Kier alpha value is -0.810. The third kappa shape index (κ3) is 28.3. The number of hydrogen-bond donors (Lipinski definition) is 6. The molecule has 9 nitrogen and oxygen atoms in total. The van der Waals surface area contributed by atoms with Crippen molar-refractivity contribution in [3.63, 3.8) is 0 Å². The van der Waals surface area contributed by atoms with E-state index in [1.165, 1.54) is 167 Å². The highest BCUT2D eigenvalue weighted by Crippen LogP contribution is 2.23. The summed E-state index contributed by atoms with van der Waals surface area (Å²) in [6, 6.07) is -0.711. The smallest absolute Gasteiger partial charge is 0.220 e. The summed E-state index contributed by atoms with van der Waals surface area (Å²) in [5.41, 5.74) is 0. The Morgan fingerprint density at radius 3 is 1.29 bits per heavy atom. The molecule has 0 aliphatic carbocycles. The van der Waals surface area contributed by atoms with Crippen LogP contribution in [0.5, 0.6) is 0 Å². The van der Waals surface area contributed by atoms with Gasteiger partial charge in [0, 0.05) is 6.42 Å². The van der Waals surface area contributed by atoms with Gasteiger partial charge in [-0.25, -0.2) is 0 Å². The van der Waals surface area contributed by atoms with E-state index >= 15 is 0 Å². The summed E-state index contributed by atoms with van der Waals surface area (Å²) in [5, 5.41) is 54.3. The van der Waals surface area contributed by atoms with Crippen molar-refractivity contribution in [2.45, 2.75) is 275 Å². The first-order valence-electron chi connectivity index (χ1n) is 23.7. The van der Waals surface area contributed by atoms with Crippen LogP contribution < -0.4 is 5.32 Å². The molecule has 1 amide bonds. The lowest BCUT2D eigenvalue weighted by molar-refractivity contribution is -0.302. The summed E-state index contributed by atoms with van der Waals surface area (Å²) in [7, 11) is 0. The van der Waals surface area contributed by atoms with Crippen LogP contribution in [0.2, 0.25) is 0 Å². The van der Waals surface area contributed by atoms with Crippen molar-refractivity contribution in [1.82, 2.24) is 5.32 Å². The summed E-state index contributed by atoms with van der Waals surface area (Å²) in [4.78, 5) is 13.0. The number of carbonyl (C=O) groups excluding carboxylic acids is 1. The molecule has 328 valence electrons. The molecule has 1 rings (SSSR count). The second-order valence-corrected chi connectivity index (χ2v) is 16.9. The monoisotopic (exact) mass is 786 g/mol. The number of rotatable bonds is 40. The molecule has 0 aromatic rings. The minimum absolute atomic E-state index is 0.132. The topological polar surface area (TPSA) is 149 Å². The average Bonchev–Trinajstić information content (AvgIpc) is 3.18. The lowest BCUT2D eigenvalue weighted by Gasteiger charge is -2.40. The van der Waals surface area contributed by atoms with Gasteiger partial charge in [-0.05, 0) is 12.8 Å². The number of aliphatic hydroxyl groups excluding tert-OH is 5. The molecule has 1 fully saturated rings. The predicted octanol–water partition coefficient (Wildman–Crippen LogP) is 9.95. The molecule has 6 N–H and O–H groups in total. The van der Waals surface area contributed by atoms with Crippen LogP contribution in [0, 0.1) is 0 Å². The molecule has 0 bridgehead atoms. The first-order chi connectivity index (χ1) is 26.8. The third-order valence-corrected chi connectivity index (χ3v) is 11.7. The van der Waals surface area contributed by atoms with Crippen molar-refractivity contribution in [1.29, 1.82) is 0 Å². The molecule has 55 heavy (non-hydrogen) atoms. The standard InChI is InChI=1S/C46H91NO8/c1-3-5-7-9-11-13-15-17-18-19-20-21-22-24-26-28-30-32-34-36-42(50)47-39(38-54-46-45(53)44(52)43(51)41(37-48)55-46)40(49)35-33-31-29-27-25-23-16-14-12-10-8-6-4-2/h39-41,43-46,48-49,51-53H,3-38H2,1-2H3,(H,47,50)/t39-,40+,41-,43-,44-,45-,46-/m0/s1. The Morgan fingerprint density at radius 2 is 0.909 bits per heavy atom. The maximum Gasteiger partial charge on any atom is 0.220 e. The first kappa shape index (κ1) is 52.2. The van der Waals surface area contributed by atoms with Crippen LogP contribution in [0.15, 0.2) is 0 Å². The van der Waals surface area contributed by atoms with Gasteiger partial charge < -0.3 is 40.3 Å². The molecular weight excluding hydrogens is 695 g/mol. The second kappa shape index (κ2) is 37.5. The maximum atomic E-state index is 13.0. The summed E-state index contributed by atoms with van der Waals surface area (Å²) in [5.74, 6) is -0.140. The number of unbranched alkanes of at least 4 members (excludes halogenated alkanes) is 30. The van der Waals surface area contributed by atoms with Crippen LogP contribution in [-0.4, -0.2) is 87.5 Å². The largest absolute Gasteiger partial charge is 0.394 e. The van der Waals surface area contributed by atoms with Crippen molar-refractivity contribution in [3.8, 4) is 0 Å². The summed E-state index contributed by atoms with van der Waals surface area (Å²) in [6.07, 6.45) is 33.9. The fourth-order valence-corrected chi connectivity index (χ4v) is 7.87. The van der Waals surface area contributed by atoms with Crippen molar-refractivity contribution >= 4 is 5.91 Å². The van der Waals surface area contributed by atoms with Crippen molar-refractivity contribution < 1.29 is 39.8 Å². The fraction of sp³-hybridized carbons (Fsp3) is 0.978. The van der Waals surface area contributed by atoms with Crippen LogP contribution in [-0.2, 0) is 14.3 Å². The van der Waals surface area contributed by atoms with E-state index in [-0.39, 0.29) is 12.5 Å². The molecule has 1 saturated heterocycles. The molecule has 0 aromatic heterocycles. The van der Waals surface area contributed by atoms with E-state index in [0.717, 1.165) is 38.5 Å². The van der Waals surface area contributed by atoms with E-state index in [1.54, 1.807) is 0 Å². The van der Waals surface area contributed by atoms with E-state index in [1.807, 2.05) is 0 Å². The van der Waals surface area contributed by atoms with Crippen LogP contribution >= 0.6 is 0 Å². The van der Waals surface area contributed by atoms with Crippen LogP contribution in [0.4, 0.5) is 0 Å². The van der Waals surface area contributed by atoms with Crippen molar-refractivity contribution in [3.05, 3.63) is 0 Å². The number of ether oxygens (including phenoxy) is 2. The zero-order chi connectivity index (χ0) is 40.2. The first-order valence-corrected chi connectivity index (χ1v) is 23.7. The van der Waals surface area contributed by atoms with Gasteiger partial charge in [0.2, 0.25) is 5.91 Å². The minimum Gasteiger partial charge on any atom is -0.394 e. The van der Waals surface area contributed by atoms with Gasteiger partial charge >= 0.3 is 0 Å². The molecule has 0 aromatic carbocycles. The Balaban J connectivity index is 2.28. The number of aliphatic hydroxyl groups is 5. The third-order valence-electron chi connectivity index (χ3n) is 11.7. The molecule has 0 radical (unpaired) electrons. The Kier molecular flexibility index (Phi) is 35.6. The van der Waals surface area contributed by atoms with Crippen LogP contribution in [0.25, 0.3) is 0 Å². The van der Waals surface area contributed by atoms with E-state index in [0.29, 0.717) is 12.8 Å². The number of hydrogen-bond acceptors (Lipinski definition) is 8. The molecule has 1 heterocycles. The quantitative estimate of drug-likeness (QED) is 0.0337. The summed E-state index contributed by atoms with van der Waals surface area (Å²) < 4.78 is 11.3. The highest BCUT2D eigenvalue weighted by atomic mass is 16.7. The van der Waals surface area contributed by atoms with Gasteiger partial charge in [-0.1, -0.05) is 213 Å². The van der Waals surface area contributed by atoms with Gasteiger partial charge in [-0.15, -0.1) is 0 Å². The van der Waals surface area contributed by atoms with Gasteiger partial charge in [0.25, 0.3) is 0 Å². The molecule has 0 unspecified atom stereocenters. The highest BCUT2D eigenvalue weighted by Gasteiger charge is 2.44. The molecule has 0 saturated carbocycles. The number of amides is 1. The SMILES string of the molecule is CCCCCCCCCCCCCCCCCCCCCC(=O)N[C@@H](CO[C@H]1O[C@@H](CO)[C@H](O)[C@H](O)[C@@H]1O)[C@H](O)CCCCCCCCCCCCCCC. The minimum atomic E-state index is -1.55. The zero-order valence-electron chi connectivity index (χ0n) is 36.0. The Bertz CT molecular complexity index is 832.